The first-order valence-electron chi connectivity index (χ1n) is 6.93. The summed E-state index contributed by atoms with van der Waals surface area (Å²) < 4.78 is 24.5. The highest BCUT2D eigenvalue weighted by Crippen LogP contribution is 2.22. The summed E-state index contributed by atoms with van der Waals surface area (Å²) in [5, 5.41) is 0. The molecule has 0 aliphatic heterocycles. The quantitative estimate of drug-likeness (QED) is 0.470. The minimum absolute atomic E-state index is 0.581. The zero-order valence-electron chi connectivity index (χ0n) is 14.8. The topological polar surface area (TPSA) is 40.2 Å². The smallest absolute Gasteiger partial charge is 0.323 e. The van der Waals surface area contributed by atoms with E-state index in [1.807, 2.05) is 19.0 Å². The lowest BCUT2D eigenvalue weighted by atomic mass is 11.0. The van der Waals surface area contributed by atoms with Gasteiger partial charge in [-0.15, -0.1) is 0 Å². The van der Waals surface area contributed by atoms with E-state index in [1.165, 1.54) is 0 Å². The van der Waals surface area contributed by atoms with Crippen LogP contribution in [0.25, 0.3) is 0 Å². The van der Waals surface area contributed by atoms with Gasteiger partial charge in [-0.3, -0.25) is 4.90 Å². The van der Waals surface area contributed by atoms with Crippen molar-refractivity contribution in [2.75, 3.05) is 20.8 Å². The molecule has 0 atom stereocenters. The van der Waals surface area contributed by atoms with Crippen LogP contribution in [0.2, 0.25) is 52.4 Å². The Bertz CT molecular complexity index is 298. The normalized spacial score (nSPS) is 14.4. The Morgan fingerprint density at radius 1 is 0.800 bits per heavy atom. The van der Waals surface area contributed by atoms with E-state index < -0.39 is 34.7 Å². The predicted octanol–water partition coefficient (Wildman–Crippen LogP) is 2.93. The van der Waals surface area contributed by atoms with Crippen LogP contribution in [0.15, 0.2) is 0 Å². The van der Waals surface area contributed by atoms with E-state index in [-0.39, 0.29) is 0 Å². The highest BCUT2D eigenvalue weighted by atomic mass is 28.5. The maximum atomic E-state index is 6.28. The molecule has 0 heterocycles. The molecule has 0 aliphatic rings. The van der Waals surface area contributed by atoms with Crippen LogP contribution in [0.4, 0.5) is 0 Å². The first kappa shape index (κ1) is 20.7. The van der Waals surface area contributed by atoms with Crippen LogP contribution in [0, 0.1) is 0 Å². The van der Waals surface area contributed by atoms with E-state index in [2.05, 4.69) is 52.4 Å². The monoisotopic (exact) mass is 354 g/mol. The lowest BCUT2D eigenvalue weighted by Gasteiger charge is -2.38. The second-order valence-corrected chi connectivity index (χ2v) is 19.7. The van der Waals surface area contributed by atoms with Gasteiger partial charge in [0.25, 0.3) is 0 Å². The molecule has 121 valence electrons. The summed E-state index contributed by atoms with van der Waals surface area (Å²) >= 11 is 0. The molecule has 1 radical (unpaired) electrons. The van der Waals surface area contributed by atoms with Crippen molar-refractivity contribution in [1.82, 2.24) is 4.90 Å². The molecule has 0 fully saturated rings. The summed E-state index contributed by atoms with van der Waals surface area (Å²) in [6.45, 7) is 17.3. The molecular weight excluding hydrogens is 322 g/mol. The Kier molecular flexibility index (Phi) is 8.05. The number of hydrogen-bond acceptors (Lipinski definition) is 5. The maximum absolute atomic E-state index is 6.28. The summed E-state index contributed by atoms with van der Waals surface area (Å²) in [4.78, 5) is 2.00. The van der Waals surface area contributed by atoms with Crippen molar-refractivity contribution < 1.29 is 16.8 Å². The van der Waals surface area contributed by atoms with Crippen molar-refractivity contribution in [3.63, 3.8) is 0 Å². The van der Waals surface area contributed by atoms with Gasteiger partial charge in [0.15, 0.2) is 9.04 Å². The highest BCUT2D eigenvalue weighted by Gasteiger charge is 2.42. The fraction of sp³-hybridized carbons (Fsp3) is 1.00. The van der Waals surface area contributed by atoms with Gasteiger partial charge in [0.05, 0.1) is 6.73 Å². The van der Waals surface area contributed by atoms with Gasteiger partial charge >= 0.3 is 25.7 Å². The maximum Gasteiger partial charge on any atom is 0.323 e. The Morgan fingerprint density at radius 3 is 1.65 bits per heavy atom. The van der Waals surface area contributed by atoms with E-state index in [0.29, 0.717) is 6.73 Å². The van der Waals surface area contributed by atoms with Crippen LogP contribution in [-0.2, 0) is 16.8 Å². The van der Waals surface area contributed by atoms with E-state index in [9.17, 15) is 0 Å². The summed E-state index contributed by atoms with van der Waals surface area (Å²) in [7, 11) is -3.30. The van der Waals surface area contributed by atoms with Crippen LogP contribution in [0.5, 0.6) is 0 Å². The van der Waals surface area contributed by atoms with Gasteiger partial charge in [0, 0.05) is 0 Å². The molecule has 0 aromatic carbocycles. The molecule has 0 spiro atoms. The Morgan fingerprint density at radius 2 is 1.25 bits per heavy atom. The van der Waals surface area contributed by atoms with E-state index >= 15 is 0 Å². The highest BCUT2D eigenvalue weighted by molar-refractivity contribution is 6.86. The van der Waals surface area contributed by atoms with Crippen molar-refractivity contribution >= 4 is 34.7 Å². The molecule has 9 heteroatoms. The van der Waals surface area contributed by atoms with Crippen LogP contribution in [0.1, 0.15) is 0 Å². The third kappa shape index (κ3) is 10.4. The van der Waals surface area contributed by atoms with Gasteiger partial charge in [-0.25, -0.2) is 0 Å². The second-order valence-electron chi connectivity index (χ2n) is 6.77. The van der Waals surface area contributed by atoms with Crippen LogP contribution in [0.3, 0.4) is 0 Å². The van der Waals surface area contributed by atoms with E-state index in [4.69, 9.17) is 16.8 Å². The van der Waals surface area contributed by atoms with Crippen molar-refractivity contribution in [2.24, 2.45) is 0 Å². The molecule has 0 aromatic heterocycles. The summed E-state index contributed by atoms with van der Waals surface area (Å²) in [5.41, 5.74) is 0. The van der Waals surface area contributed by atoms with Gasteiger partial charge in [-0.1, -0.05) is 0 Å². The van der Waals surface area contributed by atoms with Crippen molar-refractivity contribution in [3.8, 4) is 0 Å². The lowest BCUT2D eigenvalue weighted by Crippen LogP contribution is -2.55. The molecular formula is C11H32NO4Si4. The minimum Gasteiger partial charge on any atom is -0.437 e. The molecule has 0 aliphatic carbocycles. The van der Waals surface area contributed by atoms with Gasteiger partial charge in [-0.2, -0.15) is 0 Å². The molecule has 0 N–H and O–H groups in total. The molecule has 20 heavy (non-hydrogen) atoms. The van der Waals surface area contributed by atoms with Gasteiger partial charge in [0.1, 0.15) is 0 Å². The fourth-order valence-corrected chi connectivity index (χ4v) is 17.3. The third-order valence-corrected chi connectivity index (χ3v) is 14.4. The molecule has 0 saturated carbocycles. The fourth-order valence-electron chi connectivity index (χ4n) is 2.03. The molecule has 0 saturated heterocycles. The van der Waals surface area contributed by atoms with Crippen molar-refractivity contribution in [3.05, 3.63) is 0 Å². The Balaban J connectivity index is 4.56. The SMILES string of the molecule is CN(C)CO[Si](C)(C)O[Si](C)(C)O[Si](C)(C)O[Si](C)C. The Labute approximate surface area is 130 Å². The molecule has 0 amide bonds. The molecule has 0 bridgehead atoms. The zero-order valence-corrected chi connectivity index (χ0v) is 18.8. The standard InChI is InChI=1S/C11H32NO4Si4/c1-12(2)11-13-18(5,6)15-20(9,10)16-19(7,8)14-17(3)4/h11H2,1-10H3. The van der Waals surface area contributed by atoms with Gasteiger partial charge in [-0.05, 0) is 66.5 Å². The predicted molar refractivity (Wildman–Crippen MR) is 92.8 cm³/mol. The third-order valence-electron chi connectivity index (χ3n) is 2.10. The summed E-state index contributed by atoms with van der Waals surface area (Å²) in [6, 6.07) is 0. The first-order valence-corrected chi connectivity index (χ1v) is 17.8. The summed E-state index contributed by atoms with van der Waals surface area (Å²) in [5.74, 6) is 0. The van der Waals surface area contributed by atoms with E-state index in [1.54, 1.807) is 0 Å². The minimum atomic E-state index is -2.24. The van der Waals surface area contributed by atoms with Crippen LogP contribution >= 0.6 is 0 Å². The van der Waals surface area contributed by atoms with Crippen LogP contribution < -0.4 is 0 Å². The van der Waals surface area contributed by atoms with Crippen molar-refractivity contribution in [1.29, 1.82) is 0 Å². The second kappa shape index (κ2) is 7.79. The first-order chi connectivity index (χ1) is 8.75. The van der Waals surface area contributed by atoms with E-state index in [0.717, 1.165) is 0 Å². The summed E-state index contributed by atoms with van der Waals surface area (Å²) in [6.07, 6.45) is 0. The average molecular weight is 355 g/mol. The molecule has 0 rings (SSSR count). The molecule has 5 nitrogen and oxygen atoms in total. The number of nitrogens with zero attached hydrogens (tertiary/aromatic N) is 1. The zero-order chi connectivity index (χ0) is 16.2. The molecule has 0 aromatic rings. The number of hydrogen-bond donors (Lipinski definition) is 0. The van der Waals surface area contributed by atoms with Crippen LogP contribution in [-0.4, -0.2) is 60.4 Å². The van der Waals surface area contributed by atoms with Crippen molar-refractivity contribution in [2.45, 2.75) is 52.4 Å². The average Bonchev–Trinajstić information content (AvgIpc) is 2.08. The van der Waals surface area contributed by atoms with Gasteiger partial charge < -0.3 is 16.8 Å². The lowest BCUT2D eigenvalue weighted by molar-refractivity contribution is 0.138. The number of rotatable bonds is 9. The molecule has 0 unspecified atom stereocenters. The Hall–Kier alpha value is 0.668. The van der Waals surface area contributed by atoms with Gasteiger partial charge in [0.2, 0.25) is 0 Å². The largest absolute Gasteiger partial charge is 0.437 e.